The molecule has 0 spiro atoms. The third-order valence-electron chi connectivity index (χ3n) is 2.40. The van der Waals surface area contributed by atoms with Crippen LogP contribution >= 0.6 is 11.8 Å². The Balaban J connectivity index is 3.06. The molecule has 112 valence electrons. The zero-order valence-corrected chi connectivity index (χ0v) is 12.8. The van der Waals surface area contributed by atoms with Gasteiger partial charge in [0, 0.05) is 23.5 Å². The van der Waals surface area contributed by atoms with Crippen LogP contribution in [0.5, 0.6) is 0 Å². The quantitative estimate of drug-likeness (QED) is 0.448. The molecule has 0 heterocycles. The van der Waals surface area contributed by atoms with Gasteiger partial charge >= 0.3 is 0 Å². The Bertz CT molecular complexity index is 589. The van der Waals surface area contributed by atoms with Crippen molar-refractivity contribution in [3.05, 3.63) is 28.3 Å². The molecule has 1 atom stereocenters. The van der Waals surface area contributed by atoms with Crippen molar-refractivity contribution in [3.8, 4) is 0 Å². The summed E-state index contributed by atoms with van der Waals surface area (Å²) in [4.78, 5) is 9.81. The number of nitrogens with zero attached hydrogens (tertiary/aromatic N) is 1. The maximum Gasteiger partial charge on any atom is 0.291 e. The smallest absolute Gasteiger partial charge is 0.291 e. The fourth-order valence-electron chi connectivity index (χ4n) is 1.56. The zero-order valence-electron chi connectivity index (χ0n) is 11.2. The molecule has 9 heteroatoms. The van der Waals surface area contributed by atoms with Crippen LogP contribution in [0, 0.1) is 10.1 Å². The summed E-state index contributed by atoms with van der Waals surface area (Å²) >= 11 is 1.58. The Morgan fingerprint density at radius 1 is 1.50 bits per heavy atom. The van der Waals surface area contributed by atoms with E-state index >= 15 is 0 Å². The van der Waals surface area contributed by atoms with E-state index in [0.29, 0.717) is 5.75 Å². The predicted molar refractivity (Wildman–Crippen MR) is 80.3 cm³/mol. The third kappa shape index (κ3) is 4.36. The van der Waals surface area contributed by atoms with Crippen molar-refractivity contribution in [3.63, 3.8) is 0 Å². The first kappa shape index (κ1) is 16.7. The molecule has 0 aromatic heterocycles. The monoisotopic (exact) mass is 319 g/mol. The molecular formula is C11H17N3O4S2. The van der Waals surface area contributed by atoms with Crippen molar-refractivity contribution in [1.82, 2.24) is 4.72 Å². The predicted octanol–water partition coefficient (Wildman–Crippen LogP) is 1.60. The molecule has 0 radical (unpaired) electrons. The van der Waals surface area contributed by atoms with Crippen LogP contribution < -0.4 is 10.5 Å². The second-order valence-electron chi connectivity index (χ2n) is 4.17. The highest BCUT2D eigenvalue weighted by atomic mass is 32.2. The number of nitro benzene ring substituents is 1. The molecule has 0 amide bonds. The molecule has 0 saturated carbocycles. The van der Waals surface area contributed by atoms with Crippen LogP contribution in [-0.2, 0) is 10.0 Å². The zero-order chi connectivity index (χ0) is 15.3. The van der Waals surface area contributed by atoms with Crippen LogP contribution in [0.4, 0.5) is 11.4 Å². The Kier molecular flexibility index (Phi) is 5.78. The lowest BCUT2D eigenvalue weighted by Crippen LogP contribution is -2.34. The minimum atomic E-state index is -3.94. The maximum absolute atomic E-state index is 12.2. The molecule has 1 aromatic rings. The van der Waals surface area contributed by atoms with Gasteiger partial charge in [0.2, 0.25) is 10.0 Å². The molecule has 0 saturated heterocycles. The summed E-state index contributed by atoms with van der Waals surface area (Å²) in [6, 6.07) is 3.20. The molecule has 1 rings (SSSR count). The number of benzene rings is 1. The van der Waals surface area contributed by atoms with Crippen molar-refractivity contribution in [2.75, 3.05) is 17.2 Å². The topological polar surface area (TPSA) is 115 Å². The van der Waals surface area contributed by atoms with E-state index in [1.807, 2.05) is 6.92 Å². The number of rotatable bonds is 7. The molecule has 0 bridgehead atoms. The molecule has 0 aliphatic rings. The van der Waals surface area contributed by atoms with Crippen LogP contribution in [0.15, 0.2) is 23.1 Å². The molecular weight excluding hydrogens is 302 g/mol. The summed E-state index contributed by atoms with van der Waals surface area (Å²) in [7, 11) is -3.94. The second kappa shape index (κ2) is 6.91. The highest BCUT2D eigenvalue weighted by Gasteiger charge is 2.27. The first-order valence-corrected chi connectivity index (χ1v) is 8.55. The average Bonchev–Trinajstić information content (AvgIpc) is 2.35. The van der Waals surface area contributed by atoms with Gasteiger partial charge in [-0.3, -0.25) is 10.1 Å². The van der Waals surface area contributed by atoms with E-state index in [0.717, 1.165) is 17.9 Å². The SMILES string of the molecule is CCSCC(C)NS(=O)(=O)c1ccc(N)cc1[N+](=O)[O-]. The van der Waals surface area contributed by atoms with Gasteiger partial charge in [0.15, 0.2) is 4.90 Å². The lowest BCUT2D eigenvalue weighted by molar-refractivity contribution is -0.387. The molecule has 0 fully saturated rings. The number of nitrogens with two attached hydrogens (primary N) is 1. The van der Waals surface area contributed by atoms with Gasteiger partial charge in [-0.25, -0.2) is 13.1 Å². The van der Waals surface area contributed by atoms with Crippen LogP contribution in [-0.4, -0.2) is 30.9 Å². The van der Waals surface area contributed by atoms with Crippen LogP contribution in [0.1, 0.15) is 13.8 Å². The standard InChI is InChI=1S/C11H17N3O4S2/c1-3-19-7-8(2)13-20(17,18)11-5-4-9(12)6-10(11)14(15)16/h4-6,8,13H,3,7,12H2,1-2H3. The minimum Gasteiger partial charge on any atom is -0.399 e. The fourth-order valence-corrected chi connectivity index (χ4v) is 3.74. The van der Waals surface area contributed by atoms with E-state index in [2.05, 4.69) is 4.72 Å². The Morgan fingerprint density at radius 2 is 2.15 bits per heavy atom. The summed E-state index contributed by atoms with van der Waals surface area (Å²) in [6.45, 7) is 3.68. The van der Waals surface area contributed by atoms with Gasteiger partial charge in [-0.15, -0.1) is 0 Å². The van der Waals surface area contributed by atoms with Crippen molar-refractivity contribution in [2.45, 2.75) is 24.8 Å². The van der Waals surface area contributed by atoms with Crippen LogP contribution in [0.25, 0.3) is 0 Å². The lowest BCUT2D eigenvalue weighted by atomic mass is 10.3. The number of anilines is 1. The number of nitrogen functional groups attached to an aromatic ring is 1. The van der Waals surface area contributed by atoms with Crippen LogP contribution in [0.2, 0.25) is 0 Å². The van der Waals surface area contributed by atoms with Crippen molar-refractivity contribution >= 4 is 33.2 Å². The Hall–Kier alpha value is -1.32. The maximum atomic E-state index is 12.2. The molecule has 3 N–H and O–H groups in total. The Labute approximate surface area is 122 Å². The minimum absolute atomic E-state index is 0.144. The van der Waals surface area contributed by atoms with Crippen LogP contribution in [0.3, 0.4) is 0 Å². The first-order valence-electron chi connectivity index (χ1n) is 5.92. The largest absolute Gasteiger partial charge is 0.399 e. The molecule has 20 heavy (non-hydrogen) atoms. The van der Waals surface area contributed by atoms with Gasteiger partial charge < -0.3 is 5.73 Å². The van der Waals surface area contributed by atoms with Gasteiger partial charge in [0.25, 0.3) is 5.69 Å². The summed E-state index contributed by atoms with van der Waals surface area (Å²) in [5, 5.41) is 10.9. The van der Waals surface area contributed by atoms with E-state index in [1.165, 1.54) is 6.07 Å². The number of nitrogens with one attached hydrogen (secondary N) is 1. The van der Waals surface area contributed by atoms with Gasteiger partial charge in [0.1, 0.15) is 0 Å². The van der Waals surface area contributed by atoms with E-state index in [-0.39, 0.29) is 16.6 Å². The van der Waals surface area contributed by atoms with Gasteiger partial charge in [0.05, 0.1) is 4.92 Å². The number of hydrogen-bond donors (Lipinski definition) is 2. The van der Waals surface area contributed by atoms with Crippen molar-refractivity contribution in [1.29, 1.82) is 0 Å². The highest BCUT2D eigenvalue weighted by Crippen LogP contribution is 2.26. The average molecular weight is 319 g/mol. The summed E-state index contributed by atoms with van der Waals surface area (Å²) in [6.07, 6.45) is 0. The van der Waals surface area contributed by atoms with Gasteiger partial charge in [-0.1, -0.05) is 6.92 Å². The second-order valence-corrected chi connectivity index (χ2v) is 7.17. The van der Waals surface area contributed by atoms with Gasteiger partial charge in [-0.05, 0) is 24.8 Å². The van der Waals surface area contributed by atoms with E-state index in [1.54, 1.807) is 18.7 Å². The van der Waals surface area contributed by atoms with E-state index in [9.17, 15) is 18.5 Å². The summed E-state index contributed by atoms with van der Waals surface area (Å²) in [5.41, 5.74) is 5.08. The first-order chi connectivity index (χ1) is 9.27. The number of thioether (sulfide) groups is 1. The molecule has 1 aromatic carbocycles. The van der Waals surface area contributed by atoms with Crippen molar-refractivity contribution < 1.29 is 13.3 Å². The Morgan fingerprint density at radius 3 is 2.70 bits per heavy atom. The normalized spacial score (nSPS) is 13.1. The lowest BCUT2D eigenvalue weighted by Gasteiger charge is -2.13. The van der Waals surface area contributed by atoms with E-state index < -0.39 is 20.6 Å². The summed E-state index contributed by atoms with van der Waals surface area (Å²) in [5.74, 6) is 1.46. The molecule has 7 nitrogen and oxygen atoms in total. The highest BCUT2D eigenvalue weighted by molar-refractivity contribution is 7.99. The van der Waals surface area contributed by atoms with Crippen molar-refractivity contribution in [2.24, 2.45) is 0 Å². The molecule has 1 unspecified atom stereocenters. The number of nitro groups is 1. The molecule has 0 aliphatic heterocycles. The summed E-state index contributed by atoms with van der Waals surface area (Å²) < 4.78 is 26.8. The fraction of sp³-hybridized carbons (Fsp3) is 0.455. The number of hydrogen-bond acceptors (Lipinski definition) is 6. The number of sulfonamides is 1. The van der Waals surface area contributed by atoms with E-state index in [4.69, 9.17) is 5.73 Å². The third-order valence-corrected chi connectivity index (χ3v) is 5.18. The van der Waals surface area contributed by atoms with Gasteiger partial charge in [-0.2, -0.15) is 11.8 Å². The molecule has 0 aliphatic carbocycles.